The lowest BCUT2D eigenvalue weighted by molar-refractivity contribution is -0.305. The number of aliphatic hydroxyl groups is 4. The Morgan fingerprint density at radius 1 is 0.646 bits per heavy atom. The smallest absolute Gasteiger partial charge is 0.306 e. The zero-order valence-corrected chi connectivity index (χ0v) is 30.7. The van der Waals surface area contributed by atoms with Gasteiger partial charge in [-0.3, -0.25) is 4.79 Å². The van der Waals surface area contributed by atoms with Gasteiger partial charge in [0, 0.05) is 13.0 Å². The van der Waals surface area contributed by atoms with Crippen molar-refractivity contribution in [2.75, 3.05) is 26.4 Å². The second-order valence-corrected chi connectivity index (χ2v) is 13.7. The van der Waals surface area contributed by atoms with E-state index in [1.807, 2.05) is 0 Å². The standard InChI is InChI=1S/C39H74O9/c1-3-5-7-9-11-13-15-16-17-19-21-23-25-27-29-45-31-33(32-46-39-38(44)37(43)36(42)34(30-40)48-39)47-35(41)28-26-24-22-20-18-14-12-10-8-6-4-2/h10,12,33-34,36-40,42-44H,3-9,11,13-32H2,1-2H3/b12-10-. The third kappa shape index (κ3) is 23.4. The van der Waals surface area contributed by atoms with Gasteiger partial charge in [0.1, 0.15) is 30.5 Å². The molecule has 6 unspecified atom stereocenters. The number of carbonyl (C=O) groups is 1. The van der Waals surface area contributed by atoms with E-state index in [2.05, 4.69) is 26.0 Å². The van der Waals surface area contributed by atoms with Crippen LogP contribution in [0.15, 0.2) is 12.2 Å². The normalized spacial score (nSPS) is 22.0. The minimum absolute atomic E-state index is 0.112. The molecule has 0 spiro atoms. The molecular formula is C39H74O9. The van der Waals surface area contributed by atoms with E-state index in [9.17, 15) is 25.2 Å². The summed E-state index contributed by atoms with van der Waals surface area (Å²) in [6, 6.07) is 0. The van der Waals surface area contributed by atoms with Crippen molar-refractivity contribution in [3.63, 3.8) is 0 Å². The molecule has 0 aromatic carbocycles. The number of aliphatic hydroxyl groups excluding tert-OH is 4. The first-order valence-electron chi connectivity index (χ1n) is 19.8. The summed E-state index contributed by atoms with van der Waals surface area (Å²) in [6.45, 7) is 4.52. The summed E-state index contributed by atoms with van der Waals surface area (Å²) in [5.41, 5.74) is 0. The number of carbonyl (C=O) groups excluding carboxylic acids is 1. The molecule has 1 aliphatic rings. The van der Waals surface area contributed by atoms with E-state index in [1.165, 1.54) is 96.3 Å². The lowest BCUT2D eigenvalue weighted by atomic mass is 9.99. The average molecular weight is 687 g/mol. The first-order chi connectivity index (χ1) is 23.4. The predicted molar refractivity (Wildman–Crippen MR) is 192 cm³/mol. The molecule has 9 heteroatoms. The summed E-state index contributed by atoms with van der Waals surface area (Å²) in [5.74, 6) is -0.323. The summed E-state index contributed by atoms with van der Waals surface area (Å²) in [4.78, 5) is 12.7. The molecular weight excluding hydrogens is 612 g/mol. The minimum atomic E-state index is -1.53. The van der Waals surface area contributed by atoms with E-state index in [0.29, 0.717) is 13.0 Å². The van der Waals surface area contributed by atoms with E-state index in [4.69, 9.17) is 18.9 Å². The van der Waals surface area contributed by atoms with Crippen LogP contribution in [-0.2, 0) is 23.7 Å². The van der Waals surface area contributed by atoms with Gasteiger partial charge in [0.05, 0.1) is 19.8 Å². The third-order valence-electron chi connectivity index (χ3n) is 9.18. The quantitative estimate of drug-likeness (QED) is 0.0311. The van der Waals surface area contributed by atoms with Gasteiger partial charge in [-0.2, -0.15) is 0 Å². The highest BCUT2D eigenvalue weighted by Gasteiger charge is 2.44. The molecule has 1 fully saturated rings. The maximum atomic E-state index is 12.7. The Bertz CT molecular complexity index is 747. The van der Waals surface area contributed by atoms with Crippen LogP contribution in [0, 0.1) is 0 Å². The minimum Gasteiger partial charge on any atom is -0.457 e. The van der Waals surface area contributed by atoms with Crippen LogP contribution >= 0.6 is 0 Å². The lowest BCUT2D eigenvalue weighted by Gasteiger charge is -2.39. The summed E-state index contributed by atoms with van der Waals surface area (Å²) in [7, 11) is 0. The van der Waals surface area contributed by atoms with Gasteiger partial charge in [-0.25, -0.2) is 0 Å². The highest BCUT2D eigenvalue weighted by molar-refractivity contribution is 5.69. The van der Waals surface area contributed by atoms with Crippen LogP contribution in [-0.4, -0.2) is 89.6 Å². The van der Waals surface area contributed by atoms with Gasteiger partial charge in [-0.05, 0) is 32.1 Å². The molecule has 1 heterocycles. The summed E-state index contributed by atoms with van der Waals surface area (Å²) < 4.78 is 22.7. The van der Waals surface area contributed by atoms with Crippen molar-refractivity contribution < 1.29 is 44.2 Å². The molecule has 0 saturated carbocycles. The van der Waals surface area contributed by atoms with Gasteiger partial charge in [0.2, 0.25) is 0 Å². The van der Waals surface area contributed by atoms with Crippen molar-refractivity contribution >= 4 is 5.97 Å². The number of allylic oxidation sites excluding steroid dienone is 2. The fourth-order valence-corrected chi connectivity index (χ4v) is 6.00. The van der Waals surface area contributed by atoms with Crippen LogP contribution in [0.25, 0.3) is 0 Å². The number of hydrogen-bond donors (Lipinski definition) is 4. The number of esters is 1. The number of hydrogen-bond acceptors (Lipinski definition) is 9. The van der Waals surface area contributed by atoms with E-state index in [-0.39, 0.29) is 19.2 Å². The van der Waals surface area contributed by atoms with Crippen LogP contribution in [0.5, 0.6) is 0 Å². The van der Waals surface area contributed by atoms with E-state index < -0.39 is 43.4 Å². The first-order valence-corrected chi connectivity index (χ1v) is 19.8. The zero-order valence-electron chi connectivity index (χ0n) is 30.7. The van der Waals surface area contributed by atoms with Gasteiger partial charge in [0.15, 0.2) is 6.29 Å². The molecule has 284 valence electrons. The number of rotatable bonds is 33. The average Bonchev–Trinajstić information content (AvgIpc) is 3.08. The molecule has 4 N–H and O–H groups in total. The Balaban J connectivity index is 2.31. The molecule has 1 saturated heterocycles. The van der Waals surface area contributed by atoms with Gasteiger partial charge < -0.3 is 39.4 Å². The highest BCUT2D eigenvalue weighted by atomic mass is 16.7. The predicted octanol–water partition coefficient (Wildman–Crippen LogP) is 7.69. The van der Waals surface area contributed by atoms with Crippen molar-refractivity contribution in [3.05, 3.63) is 12.2 Å². The molecule has 1 rings (SSSR count). The van der Waals surface area contributed by atoms with Crippen molar-refractivity contribution in [2.24, 2.45) is 0 Å². The fourth-order valence-electron chi connectivity index (χ4n) is 6.00. The second-order valence-electron chi connectivity index (χ2n) is 13.7. The van der Waals surface area contributed by atoms with Crippen molar-refractivity contribution in [2.45, 2.75) is 205 Å². The Morgan fingerprint density at radius 3 is 1.75 bits per heavy atom. The molecule has 0 aromatic rings. The first kappa shape index (κ1) is 45.0. The Labute approximate surface area is 293 Å². The molecule has 6 atom stereocenters. The topological polar surface area (TPSA) is 135 Å². The fraction of sp³-hybridized carbons (Fsp3) is 0.923. The van der Waals surface area contributed by atoms with Crippen LogP contribution in [0.4, 0.5) is 0 Å². The highest BCUT2D eigenvalue weighted by Crippen LogP contribution is 2.22. The van der Waals surface area contributed by atoms with E-state index in [0.717, 1.165) is 51.4 Å². The molecule has 48 heavy (non-hydrogen) atoms. The molecule has 0 aromatic heterocycles. The largest absolute Gasteiger partial charge is 0.457 e. The number of ether oxygens (including phenoxy) is 4. The Hall–Kier alpha value is -1.07. The van der Waals surface area contributed by atoms with Crippen molar-refractivity contribution in [1.29, 1.82) is 0 Å². The maximum Gasteiger partial charge on any atom is 0.306 e. The second kappa shape index (κ2) is 31.9. The Kier molecular flexibility index (Phi) is 29.9. The van der Waals surface area contributed by atoms with Crippen LogP contribution in [0.1, 0.15) is 168 Å². The summed E-state index contributed by atoms with van der Waals surface area (Å²) >= 11 is 0. The number of unbranched alkanes of at least 4 members (excludes halogenated alkanes) is 20. The molecule has 0 radical (unpaired) electrons. The van der Waals surface area contributed by atoms with Gasteiger partial charge in [-0.1, -0.05) is 142 Å². The molecule has 0 amide bonds. The van der Waals surface area contributed by atoms with Gasteiger partial charge in [0.25, 0.3) is 0 Å². The molecule has 0 aliphatic carbocycles. The van der Waals surface area contributed by atoms with Crippen molar-refractivity contribution in [1.82, 2.24) is 0 Å². The SMILES string of the molecule is CCCC/C=C\CCCCCCCC(=O)OC(COCCCCCCCCCCCCCCCC)COC1OC(CO)C(O)C(O)C1O. The lowest BCUT2D eigenvalue weighted by Crippen LogP contribution is -2.59. The molecule has 1 aliphatic heterocycles. The Morgan fingerprint density at radius 2 is 1.17 bits per heavy atom. The van der Waals surface area contributed by atoms with Crippen LogP contribution < -0.4 is 0 Å². The summed E-state index contributed by atoms with van der Waals surface area (Å²) in [6.07, 6.45) is 25.2. The molecule has 0 bridgehead atoms. The van der Waals surface area contributed by atoms with Crippen molar-refractivity contribution in [3.8, 4) is 0 Å². The van der Waals surface area contributed by atoms with Gasteiger partial charge >= 0.3 is 5.97 Å². The monoisotopic (exact) mass is 687 g/mol. The van der Waals surface area contributed by atoms with Crippen LogP contribution in [0.2, 0.25) is 0 Å². The summed E-state index contributed by atoms with van der Waals surface area (Å²) in [5, 5.41) is 39.9. The van der Waals surface area contributed by atoms with E-state index >= 15 is 0 Å². The van der Waals surface area contributed by atoms with Crippen LogP contribution in [0.3, 0.4) is 0 Å². The van der Waals surface area contributed by atoms with E-state index in [1.54, 1.807) is 0 Å². The molecule has 9 nitrogen and oxygen atoms in total. The zero-order chi connectivity index (χ0) is 35.1. The maximum absolute atomic E-state index is 12.7. The van der Waals surface area contributed by atoms with Gasteiger partial charge in [-0.15, -0.1) is 0 Å². The third-order valence-corrected chi connectivity index (χ3v) is 9.18.